The summed E-state index contributed by atoms with van der Waals surface area (Å²) in [6.45, 7) is 13.6. The van der Waals surface area contributed by atoms with Gasteiger partial charge in [-0.05, 0) is 55.4 Å². The Bertz CT molecular complexity index is 1370. The van der Waals surface area contributed by atoms with Gasteiger partial charge in [0.2, 0.25) is 5.88 Å². The lowest BCUT2D eigenvalue weighted by molar-refractivity contribution is -0.160. The number of carbonyl (C=O) groups excluding carboxylic acids is 2. The van der Waals surface area contributed by atoms with Crippen molar-refractivity contribution in [3.8, 4) is 5.88 Å². The number of hydrogen-bond acceptors (Lipinski definition) is 7. The van der Waals surface area contributed by atoms with Crippen LogP contribution in [0.1, 0.15) is 75.8 Å². The first-order chi connectivity index (χ1) is 20.7. The van der Waals surface area contributed by atoms with Crippen molar-refractivity contribution in [2.75, 3.05) is 20.3 Å². The number of benzene rings is 1. The Labute approximate surface area is 256 Å². The first kappa shape index (κ1) is 33.5. The van der Waals surface area contributed by atoms with E-state index in [9.17, 15) is 22.8 Å². The van der Waals surface area contributed by atoms with Crippen molar-refractivity contribution < 1.29 is 41.7 Å². The third-order valence-electron chi connectivity index (χ3n) is 8.19. The molecule has 11 heteroatoms. The summed E-state index contributed by atoms with van der Waals surface area (Å²) in [5, 5.41) is 0. The summed E-state index contributed by atoms with van der Waals surface area (Å²) in [7, 11) is 1.32. The third-order valence-corrected chi connectivity index (χ3v) is 8.19. The Hall–Kier alpha value is -3.44. The van der Waals surface area contributed by atoms with Crippen molar-refractivity contribution in [1.82, 2.24) is 9.88 Å². The first-order valence-electron chi connectivity index (χ1n) is 14.8. The van der Waals surface area contributed by atoms with Crippen molar-refractivity contribution in [3.05, 3.63) is 65.4 Å². The monoisotopic (exact) mass is 618 g/mol. The summed E-state index contributed by atoms with van der Waals surface area (Å²) in [6, 6.07) is 6.59. The predicted molar refractivity (Wildman–Crippen MR) is 157 cm³/mol. The van der Waals surface area contributed by atoms with Gasteiger partial charge in [-0.3, -0.25) is 4.79 Å². The molecule has 2 aliphatic rings. The second-order valence-electron chi connectivity index (χ2n) is 12.4. The maximum atomic E-state index is 14.3. The van der Waals surface area contributed by atoms with E-state index >= 15 is 0 Å². The summed E-state index contributed by atoms with van der Waals surface area (Å²) in [5.74, 6) is -1.57. The molecule has 5 atom stereocenters. The Morgan fingerprint density at radius 1 is 1.18 bits per heavy atom. The van der Waals surface area contributed by atoms with Crippen LogP contribution in [-0.4, -0.2) is 60.3 Å². The molecular weight excluding hydrogens is 577 g/mol. The molecule has 1 amide bonds. The topological polar surface area (TPSA) is 87.2 Å². The zero-order valence-electron chi connectivity index (χ0n) is 26.1. The number of ether oxygens (including phenoxy) is 4. The van der Waals surface area contributed by atoms with Crippen LogP contribution in [0.25, 0.3) is 5.57 Å². The van der Waals surface area contributed by atoms with Gasteiger partial charge in [0.15, 0.2) is 0 Å². The zero-order chi connectivity index (χ0) is 32.4. The normalized spacial score (nSPS) is 23.9. The fourth-order valence-electron chi connectivity index (χ4n) is 6.21. The molecule has 0 bridgehead atoms. The maximum absolute atomic E-state index is 14.3. The highest BCUT2D eigenvalue weighted by molar-refractivity contribution is 5.89. The number of nitrogens with zero attached hydrogens (tertiary/aromatic N) is 2. The van der Waals surface area contributed by atoms with E-state index in [1.54, 1.807) is 6.92 Å². The van der Waals surface area contributed by atoms with Crippen molar-refractivity contribution in [3.63, 3.8) is 0 Å². The lowest BCUT2D eigenvalue weighted by Gasteiger charge is -2.35. The highest BCUT2D eigenvalue weighted by Gasteiger charge is 2.60. The second-order valence-corrected chi connectivity index (χ2v) is 12.4. The maximum Gasteiger partial charge on any atom is 0.417 e. The lowest BCUT2D eigenvalue weighted by Crippen LogP contribution is -2.50. The van der Waals surface area contributed by atoms with Crippen molar-refractivity contribution in [2.24, 2.45) is 11.3 Å². The van der Waals surface area contributed by atoms with Gasteiger partial charge >= 0.3 is 12.1 Å². The Balaban J connectivity index is 1.90. The van der Waals surface area contributed by atoms with Gasteiger partial charge in [0, 0.05) is 24.3 Å². The fourth-order valence-corrected chi connectivity index (χ4v) is 6.21. The molecule has 2 aliphatic heterocycles. The average Bonchev–Trinajstić information content (AvgIpc) is 3.62. The van der Waals surface area contributed by atoms with Crippen LogP contribution in [0, 0.1) is 11.3 Å². The molecule has 0 unspecified atom stereocenters. The number of halogens is 3. The molecule has 3 heterocycles. The van der Waals surface area contributed by atoms with Crippen LogP contribution >= 0.6 is 0 Å². The molecule has 4 rings (SSSR count). The number of rotatable bonds is 9. The van der Waals surface area contributed by atoms with E-state index in [1.165, 1.54) is 12.0 Å². The van der Waals surface area contributed by atoms with Gasteiger partial charge in [0.1, 0.15) is 12.1 Å². The Morgan fingerprint density at radius 2 is 1.91 bits per heavy atom. The van der Waals surface area contributed by atoms with Gasteiger partial charge in [0.25, 0.3) is 5.91 Å². The number of pyridine rings is 1. The van der Waals surface area contributed by atoms with Crippen molar-refractivity contribution in [1.29, 1.82) is 0 Å². The molecule has 1 aromatic heterocycles. The largest absolute Gasteiger partial charge is 0.481 e. The highest BCUT2D eigenvalue weighted by Crippen LogP contribution is 2.51. The molecule has 0 radical (unpaired) electrons. The van der Waals surface area contributed by atoms with Gasteiger partial charge in [-0.15, -0.1) is 0 Å². The van der Waals surface area contributed by atoms with Gasteiger partial charge in [0.05, 0.1) is 38.0 Å². The lowest BCUT2D eigenvalue weighted by atomic mass is 9.73. The van der Waals surface area contributed by atoms with Crippen LogP contribution in [0.3, 0.4) is 0 Å². The number of likely N-dealkylation sites (tertiary alicyclic amines) is 1. The van der Waals surface area contributed by atoms with Crippen molar-refractivity contribution in [2.45, 2.75) is 84.5 Å². The molecule has 0 N–H and O–H groups in total. The number of esters is 1. The number of methoxy groups -OCH3 is 1. The number of allylic oxidation sites excluding steroid dienone is 1. The summed E-state index contributed by atoms with van der Waals surface area (Å²) in [5.41, 5.74) is 0.849. The number of hydrogen-bond donors (Lipinski definition) is 0. The fraction of sp³-hybridized carbons (Fsp3) is 0.545. The molecule has 1 aromatic carbocycles. The van der Waals surface area contributed by atoms with E-state index < -0.39 is 53.3 Å². The molecule has 0 aliphatic carbocycles. The number of amides is 1. The van der Waals surface area contributed by atoms with E-state index in [4.69, 9.17) is 18.9 Å². The summed E-state index contributed by atoms with van der Waals surface area (Å²) >= 11 is 0. The second kappa shape index (κ2) is 13.3. The smallest absolute Gasteiger partial charge is 0.417 e. The standard InChI is InChI=1S/C33H41F3N2O6/c1-8-42-31(40)27-25(32(4,5)6)28(44-18-22-16-23(33(34,35)36)17-37-29(22)41-7)26(21-12-9-11-20(15-21)19(2)3)38(27)30(39)24-13-10-14-43-24/h9,11-12,15-17,24-28H,2,8,10,13-14,18H2,1,3-7H3/t24-,25+,26-,27-,28-/m0/s1. The molecule has 2 fully saturated rings. The minimum atomic E-state index is -4.62. The number of carbonyl (C=O) groups is 2. The molecule has 2 saturated heterocycles. The van der Waals surface area contributed by atoms with E-state index in [0.717, 1.165) is 17.2 Å². The third kappa shape index (κ3) is 6.94. The van der Waals surface area contributed by atoms with Crippen LogP contribution < -0.4 is 4.74 Å². The molecular formula is C33H41F3N2O6. The van der Waals surface area contributed by atoms with Crippen LogP contribution in [0.2, 0.25) is 0 Å². The van der Waals surface area contributed by atoms with Crippen LogP contribution in [0.5, 0.6) is 5.88 Å². The van der Waals surface area contributed by atoms with Crippen molar-refractivity contribution >= 4 is 17.4 Å². The highest BCUT2D eigenvalue weighted by atomic mass is 19.4. The van der Waals surface area contributed by atoms with Gasteiger partial charge in [-0.25, -0.2) is 9.78 Å². The minimum absolute atomic E-state index is 0.0154. The van der Waals surface area contributed by atoms with Crippen LogP contribution in [0.15, 0.2) is 43.1 Å². The molecule has 44 heavy (non-hydrogen) atoms. The SMILES string of the molecule is C=C(C)c1cccc([C@H]2[C@@H](OCc3cc(C(F)(F)F)cnc3OC)[C@H](C(C)(C)C)[C@@H](C(=O)OCC)N2C(=O)[C@@H]2CCCO2)c1. The Morgan fingerprint density at radius 3 is 2.48 bits per heavy atom. The first-order valence-corrected chi connectivity index (χ1v) is 14.8. The van der Waals surface area contributed by atoms with E-state index in [0.29, 0.717) is 31.2 Å². The molecule has 240 valence electrons. The molecule has 0 spiro atoms. The van der Waals surface area contributed by atoms with E-state index in [1.807, 2.05) is 52.0 Å². The van der Waals surface area contributed by atoms with Gasteiger partial charge < -0.3 is 23.8 Å². The summed E-state index contributed by atoms with van der Waals surface area (Å²) < 4.78 is 64.0. The summed E-state index contributed by atoms with van der Waals surface area (Å²) in [4.78, 5) is 33.5. The molecule has 0 saturated carbocycles. The number of alkyl halides is 3. The van der Waals surface area contributed by atoms with Crippen LogP contribution in [-0.2, 0) is 36.6 Å². The predicted octanol–water partition coefficient (Wildman–Crippen LogP) is 6.38. The molecule has 2 aromatic rings. The quantitative estimate of drug-likeness (QED) is 0.301. The van der Waals surface area contributed by atoms with E-state index in [2.05, 4.69) is 11.6 Å². The number of aromatic nitrogens is 1. The average molecular weight is 619 g/mol. The summed E-state index contributed by atoms with van der Waals surface area (Å²) in [6.07, 6.45) is -4.29. The molecule has 8 nitrogen and oxygen atoms in total. The van der Waals surface area contributed by atoms with Crippen LogP contribution in [0.4, 0.5) is 13.2 Å². The zero-order valence-corrected chi connectivity index (χ0v) is 26.1. The van der Waals surface area contributed by atoms with E-state index in [-0.39, 0.29) is 30.6 Å². The Kier molecular flexibility index (Phi) is 10.1. The van der Waals surface area contributed by atoms with Gasteiger partial charge in [-0.2, -0.15) is 13.2 Å². The van der Waals surface area contributed by atoms with Gasteiger partial charge in [-0.1, -0.05) is 51.1 Å². The minimum Gasteiger partial charge on any atom is -0.481 e.